The zero-order valence-corrected chi connectivity index (χ0v) is 8.98. The molecule has 0 aliphatic rings. The van der Waals surface area contributed by atoms with Gasteiger partial charge in [-0.2, -0.15) is 0 Å². The molecule has 0 atom stereocenters. The van der Waals surface area contributed by atoms with Gasteiger partial charge in [0.2, 0.25) is 0 Å². The third-order valence-electron chi connectivity index (χ3n) is 1.81. The van der Waals surface area contributed by atoms with Crippen LogP contribution in [0.3, 0.4) is 0 Å². The Morgan fingerprint density at radius 3 is 2.00 bits per heavy atom. The molecule has 1 heterocycles. The Balaban J connectivity index is 2.93. The highest BCUT2D eigenvalue weighted by atomic mass is 32.2. The van der Waals surface area contributed by atoms with Crippen LogP contribution in [0.1, 0.15) is 20.8 Å². The van der Waals surface area contributed by atoms with E-state index in [9.17, 15) is 0 Å². The maximum Gasteiger partial charge on any atom is 0.170 e. The van der Waals surface area contributed by atoms with Crippen LogP contribution in [0.15, 0.2) is 29.4 Å². The quantitative estimate of drug-likeness (QED) is 0.476. The third-order valence-corrected chi connectivity index (χ3v) is 2.55. The summed E-state index contributed by atoms with van der Waals surface area (Å²) in [6.07, 6.45) is 6.36. The molecule has 66 valence electrons. The number of rotatable bonds is 1. The third kappa shape index (κ3) is 2.24. The second kappa shape index (κ2) is 3.48. The first kappa shape index (κ1) is 9.59. The Kier molecular flexibility index (Phi) is 2.78. The first-order chi connectivity index (χ1) is 5.54. The van der Waals surface area contributed by atoms with Gasteiger partial charge in [-0.1, -0.05) is 0 Å². The molecule has 1 aromatic rings. The first-order valence-electron chi connectivity index (χ1n) is 4.10. The van der Waals surface area contributed by atoms with Gasteiger partial charge in [0.1, 0.15) is 0 Å². The van der Waals surface area contributed by atoms with Crippen LogP contribution in [0.4, 0.5) is 0 Å². The molecule has 1 rings (SSSR count). The maximum atomic E-state index is 2.22. The van der Waals surface area contributed by atoms with Crippen LogP contribution >= 0.6 is 11.8 Å². The molecular weight excluding hydrogens is 166 g/mol. The van der Waals surface area contributed by atoms with Gasteiger partial charge in [-0.25, -0.2) is 4.57 Å². The number of thioether (sulfide) groups is 1. The van der Waals surface area contributed by atoms with Gasteiger partial charge in [0.25, 0.3) is 0 Å². The molecule has 0 unspecified atom stereocenters. The fourth-order valence-electron chi connectivity index (χ4n) is 0.996. The van der Waals surface area contributed by atoms with E-state index in [0.29, 0.717) is 0 Å². The van der Waals surface area contributed by atoms with Crippen LogP contribution < -0.4 is 4.57 Å². The van der Waals surface area contributed by atoms with Crippen molar-refractivity contribution in [3.05, 3.63) is 24.5 Å². The summed E-state index contributed by atoms with van der Waals surface area (Å²) < 4.78 is 2.22. The number of pyridine rings is 1. The number of nitrogens with zero attached hydrogens (tertiary/aromatic N) is 1. The standard InChI is InChI=1S/C10H16NS/c1-10(2,3)11-7-5-9(12-4)6-8-11/h5-8H,1-4H3/q+1. The highest BCUT2D eigenvalue weighted by molar-refractivity contribution is 7.98. The second-order valence-electron chi connectivity index (χ2n) is 3.82. The minimum absolute atomic E-state index is 0.191. The van der Waals surface area contributed by atoms with Gasteiger partial charge in [-0.3, -0.25) is 0 Å². The molecule has 0 saturated heterocycles. The first-order valence-corrected chi connectivity index (χ1v) is 5.32. The Hall–Kier alpha value is -0.500. The lowest BCUT2D eigenvalue weighted by Crippen LogP contribution is -2.49. The number of hydrogen-bond donors (Lipinski definition) is 0. The average Bonchev–Trinajstić information content (AvgIpc) is 2.03. The molecule has 1 aromatic heterocycles. The fraction of sp³-hybridized carbons (Fsp3) is 0.500. The van der Waals surface area contributed by atoms with E-state index in [1.165, 1.54) is 4.90 Å². The summed E-state index contributed by atoms with van der Waals surface area (Å²) in [6.45, 7) is 6.60. The summed E-state index contributed by atoms with van der Waals surface area (Å²) in [5.41, 5.74) is 0.191. The zero-order valence-electron chi connectivity index (χ0n) is 8.16. The lowest BCUT2D eigenvalue weighted by atomic mass is 10.1. The van der Waals surface area contributed by atoms with E-state index in [-0.39, 0.29) is 5.54 Å². The lowest BCUT2D eigenvalue weighted by molar-refractivity contribution is -0.754. The molecule has 0 aliphatic carbocycles. The smallest absolute Gasteiger partial charge is 0.170 e. The van der Waals surface area contributed by atoms with Crippen molar-refractivity contribution in [3.63, 3.8) is 0 Å². The summed E-state index contributed by atoms with van der Waals surface area (Å²) in [5.74, 6) is 0. The van der Waals surface area contributed by atoms with Gasteiger partial charge < -0.3 is 0 Å². The molecule has 0 amide bonds. The van der Waals surface area contributed by atoms with Crippen LogP contribution in [0.25, 0.3) is 0 Å². The van der Waals surface area contributed by atoms with Gasteiger partial charge in [0.05, 0.1) is 0 Å². The molecule has 0 aliphatic heterocycles. The van der Waals surface area contributed by atoms with Gasteiger partial charge >= 0.3 is 0 Å². The molecule has 0 radical (unpaired) electrons. The van der Waals surface area contributed by atoms with Crippen molar-refractivity contribution in [1.29, 1.82) is 0 Å². The van der Waals surface area contributed by atoms with Gasteiger partial charge in [0, 0.05) is 37.8 Å². The molecule has 0 N–H and O–H groups in total. The van der Waals surface area contributed by atoms with E-state index >= 15 is 0 Å². The average molecular weight is 182 g/mol. The van der Waals surface area contributed by atoms with E-state index in [1.54, 1.807) is 11.8 Å². The molecule has 0 saturated carbocycles. The fourth-order valence-corrected chi connectivity index (χ4v) is 1.39. The van der Waals surface area contributed by atoms with Crippen molar-refractivity contribution in [2.75, 3.05) is 6.26 Å². The van der Waals surface area contributed by atoms with Gasteiger partial charge in [-0.15, -0.1) is 11.8 Å². The normalized spacial score (nSPS) is 11.7. The Bertz CT molecular complexity index is 246. The Morgan fingerprint density at radius 1 is 1.17 bits per heavy atom. The van der Waals surface area contributed by atoms with Crippen molar-refractivity contribution in [2.45, 2.75) is 31.2 Å². The van der Waals surface area contributed by atoms with E-state index in [4.69, 9.17) is 0 Å². The largest absolute Gasteiger partial charge is 0.201 e. The highest BCUT2D eigenvalue weighted by Gasteiger charge is 2.19. The molecule has 2 heteroatoms. The summed E-state index contributed by atoms with van der Waals surface area (Å²) in [4.78, 5) is 1.32. The van der Waals surface area contributed by atoms with Crippen molar-refractivity contribution in [1.82, 2.24) is 0 Å². The Labute approximate surface area is 78.8 Å². The van der Waals surface area contributed by atoms with Crippen LogP contribution in [0.2, 0.25) is 0 Å². The van der Waals surface area contributed by atoms with E-state index in [0.717, 1.165) is 0 Å². The summed E-state index contributed by atoms with van der Waals surface area (Å²) in [7, 11) is 0. The molecular formula is C10H16NS+. The van der Waals surface area contributed by atoms with Crippen LogP contribution in [-0.2, 0) is 5.54 Å². The van der Waals surface area contributed by atoms with E-state index in [2.05, 4.69) is 56.1 Å². The molecule has 0 aromatic carbocycles. The summed E-state index contributed by atoms with van der Waals surface area (Å²) >= 11 is 1.77. The van der Waals surface area contributed by atoms with Gasteiger partial charge in [-0.05, 0) is 6.26 Å². The lowest BCUT2D eigenvalue weighted by Gasteiger charge is -2.12. The summed E-state index contributed by atoms with van der Waals surface area (Å²) in [6, 6.07) is 4.30. The molecule has 0 bridgehead atoms. The summed E-state index contributed by atoms with van der Waals surface area (Å²) in [5, 5.41) is 0. The Morgan fingerprint density at radius 2 is 1.67 bits per heavy atom. The van der Waals surface area contributed by atoms with E-state index in [1.807, 2.05) is 0 Å². The topological polar surface area (TPSA) is 3.88 Å². The van der Waals surface area contributed by atoms with Crippen LogP contribution in [-0.4, -0.2) is 6.26 Å². The maximum absolute atomic E-state index is 2.22. The van der Waals surface area contributed by atoms with Crippen LogP contribution in [0.5, 0.6) is 0 Å². The van der Waals surface area contributed by atoms with Crippen molar-refractivity contribution < 1.29 is 4.57 Å². The van der Waals surface area contributed by atoms with Gasteiger partial charge in [0.15, 0.2) is 17.9 Å². The second-order valence-corrected chi connectivity index (χ2v) is 4.70. The highest BCUT2D eigenvalue weighted by Crippen LogP contribution is 2.12. The molecule has 0 fully saturated rings. The minimum atomic E-state index is 0.191. The van der Waals surface area contributed by atoms with Crippen molar-refractivity contribution in [2.24, 2.45) is 0 Å². The molecule has 0 spiro atoms. The molecule has 1 nitrogen and oxygen atoms in total. The van der Waals surface area contributed by atoms with Crippen LogP contribution in [0, 0.1) is 0 Å². The SMILES string of the molecule is CSc1cc[n+](C(C)(C)C)cc1. The number of aromatic nitrogens is 1. The predicted molar refractivity (Wildman–Crippen MR) is 53.4 cm³/mol. The van der Waals surface area contributed by atoms with Crippen molar-refractivity contribution in [3.8, 4) is 0 Å². The monoisotopic (exact) mass is 182 g/mol. The van der Waals surface area contributed by atoms with Crippen molar-refractivity contribution >= 4 is 11.8 Å². The number of hydrogen-bond acceptors (Lipinski definition) is 1. The molecule has 12 heavy (non-hydrogen) atoms. The minimum Gasteiger partial charge on any atom is -0.201 e. The zero-order chi connectivity index (χ0) is 9.19. The van der Waals surface area contributed by atoms with E-state index < -0.39 is 0 Å². The predicted octanol–water partition coefficient (Wildman–Crippen LogP) is 2.45.